The number of esters is 1. The summed E-state index contributed by atoms with van der Waals surface area (Å²) in [6.07, 6.45) is -0.207. The van der Waals surface area contributed by atoms with E-state index in [1.807, 2.05) is 27.7 Å². The van der Waals surface area contributed by atoms with Gasteiger partial charge in [-0.05, 0) is 25.7 Å². The Balaban J connectivity index is 3.17. The fourth-order valence-electron chi connectivity index (χ4n) is 3.24. The van der Waals surface area contributed by atoms with Crippen LogP contribution in [0.2, 0.25) is 0 Å². The Labute approximate surface area is 195 Å². The average Bonchev–Trinajstić information content (AvgIpc) is 3.25. The molecule has 0 radical (unpaired) electrons. The normalized spacial score (nSPS) is 14.9. The summed E-state index contributed by atoms with van der Waals surface area (Å²) < 4.78 is 10.7. The van der Waals surface area contributed by atoms with Crippen molar-refractivity contribution in [1.29, 1.82) is 0 Å². The van der Waals surface area contributed by atoms with E-state index in [2.05, 4.69) is 10.3 Å². The Kier molecular flexibility index (Phi) is 11.6. The van der Waals surface area contributed by atoms with E-state index in [0.29, 0.717) is 18.0 Å². The van der Waals surface area contributed by atoms with E-state index < -0.39 is 24.2 Å². The van der Waals surface area contributed by atoms with E-state index in [1.165, 1.54) is 11.3 Å². The molecule has 0 unspecified atom stereocenters. The van der Waals surface area contributed by atoms with Crippen LogP contribution in [0.1, 0.15) is 76.0 Å². The molecule has 0 fully saturated rings. The number of nitrogens with two attached hydrogens (primary N) is 1. The molecule has 1 rings (SSSR count). The number of carbonyl (C=O) groups is 3. The number of amides is 2. The van der Waals surface area contributed by atoms with Crippen molar-refractivity contribution >= 4 is 29.3 Å². The van der Waals surface area contributed by atoms with Crippen molar-refractivity contribution in [2.45, 2.75) is 72.6 Å². The zero-order valence-corrected chi connectivity index (χ0v) is 21.0. The predicted octanol–water partition coefficient (Wildman–Crippen LogP) is 3.35. The van der Waals surface area contributed by atoms with Crippen molar-refractivity contribution in [1.82, 2.24) is 15.2 Å². The Hall–Kier alpha value is -2.20. The largest absolute Gasteiger partial charge is 0.461 e. The molecule has 0 bridgehead atoms. The van der Waals surface area contributed by atoms with E-state index in [4.69, 9.17) is 15.2 Å². The first-order valence-electron chi connectivity index (χ1n) is 11.2. The van der Waals surface area contributed by atoms with Gasteiger partial charge in [-0.15, -0.1) is 11.3 Å². The lowest BCUT2D eigenvalue weighted by Crippen LogP contribution is -2.51. The van der Waals surface area contributed by atoms with Crippen LogP contribution in [-0.2, 0) is 14.3 Å². The van der Waals surface area contributed by atoms with Gasteiger partial charge in [-0.1, -0.05) is 34.1 Å². The lowest BCUT2D eigenvalue weighted by Gasteiger charge is -2.35. The van der Waals surface area contributed by atoms with Crippen LogP contribution >= 0.6 is 11.3 Å². The van der Waals surface area contributed by atoms with Gasteiger partial charge < -0.3 is 25.4 Å². The molecule has 1 aromatic rings. The average molecular weight is 471 g/mol. The van der Waals surface area contributed by atoms with Crippen LogP contribution in [0.3, 0.4) is 0 Å². The highest BCUT2D eigenvalue weighted by Crippen LogP contribution is 2.30. The molecule has 9 nitrogen and oxygen atoms in total. The second-order valence-corrected chi connectivity index (χ2v) is 9.01. The third kappa shape index (κ3) is 7.74. The molecule has 0 aliphatic carbocycles. The second-order valence-electron chi connectivity index (χ2n) is 8.12. The number of ether oxygens (including phenoxy) is 2. The number of thiazole rings is 1. The highest BCUT2D eigenvalue weighted by Gasteiger charge is 2.33. The molecule has 0 saturated carbocycles. The molecule has 32 heavy (non-hydrogen) atoms. The molecular formula is C22H38N4O5S. The Morgan fingerprint density at radius 3 is 2.41 bits per heavy atom. The zero-order valence-electron chi connectivity index (χ0n) is 20.2. The van der Waals surface area contributed by atoms with Crippen LogP contribution in [0.4, 0.5) is 4.79 Å². The van der Waals surface area contributed by atoms with Crippen molar-refractivity contribution in [2.24, 2.45) is 17.6 Å². The topological polar surface area (TPSA) is 124 Å². The molecule has 1 heterocycles. The minimum Gasteiger partial charge on any atom is -0.461 e. The van der Waals surface area contributed by atoms with E-state index in [0.717, 1.165) is 6.42 Å². The maximum atomic E-state index is 13.0. The molecule has 0 aromatic carbocycles. The van der Waals surface area contributed by atoms with Crippen LogP contribution in [0.5, 0.6) is 0 Å². The Bertz CT molecular complexity index is 754. The number of carbonyl (C=O) groups excluding carboxylic acids is 3. The SMILES string of the molecule is CCNC(=O)O[C@H](C[C@H](C(C)C)N(C)C(=O)[C@@H](N)[C@@H](C)CC)c1nc(C(=O)OCC)cs1. The molecule has 0 saturated heterocycles. The second kappa shape index (κ2) is 13.4. The number of nitrogens with one attached hydrogen (secondary N) is 1. The van der Waals surface area contributed by atoms with E-state index in [-0.39, 0.29) is 36.1 Å². The van der Waals surface area contributed by atoms with Gasteiger partial charge in [-0.3, -0.25) is 4.79 Å². The maximum Gasteiger partial charge on any atom is 0.407 e. The van der Waals surface area contributed by atoms with Crippen LogP contribution < -0.4 is 11.1 Å². The van der Waals surface area contributed by atoms with Crippen LogP contribution in [0.25, 0.3) is 0 Å². The maximum absolute atomic E-state index is 13.0. The van der Waals surface area contributed by atoms with Gasteiger partial charge in [0.25, 0.3) is 0 Å². The minimum absolute atomic E-state index is 0.0474. The number of rotatable bonds is 12. The number of hydrogen-bond donors (Lipinski definition) is 2. The summed E-state index contributed by atoms with van der Waals surface area (Å²) in [5.41, 5.74) is 6.36. The summed E-state index contributed by atoms with van der Waals surface area (Å²) in [4.78, 5) is 43.2. The van der Waals surface area contributed by atoms with Crippen LogP contribution in [-0.4, -0.2) is 60.1 Å². The van der Waals surface area contributed by atoms with Crippen molar-refractivity contribution in [3.8, 4) is 0 Å². The van der Waals surface area contributed by atoms with Crippen LogP contribution in [0, 0.1) is 11.8 Å². The number of likely N-dealkylation sites (N-methyl/N-ethyl adjacent to an activating group) is 1. The fraction of sp³-hybridized carbons (Fsp3) is 0.727. The number of alkyl carbamates (subject to hydrolysis) is 1. The highest BCUT2D eigenvalue weighted by atomic mass is 32.1. The first-order valence-corrected chi connectivity index (χ1v) is 12.0. The van der Waals surface area contributed by atoms with E-state index in [1.54, 1.807) is 31.2 Å². The molecular weight excluding hydrogens is 432 g/mol. The van der Waals surface area contributed by atoms with Gasteiger partial charge in [0.15, 0.2) is 11.8 Å². The summed E-state index contributed by atoms with van der Waals surface area (Å²) in [7, 11) is 1.73. The summed E-state index contributed by atoms with van der Waals surface area (Å²) in [6.45, 7) is 12.1. The van der Waals surface area contributed by atoms with E-state index >= 15 is 0 Å². The van der Waals surface area contributed by atoms with Gasteiger partial charge in [-0.25, -0.2) is 14.6 Å². The smallest absolute Gasteiger partial charge is 0.407 e. The lowest BCUT2D eigenvalue weighted by molar-refractivity contribution is -0.136. The summed E-state index contributed by atoms with van der Waals surface area (Å²) in [5, 5.41) is 4.67. The minimum atomic E-state index is -0.739. The van der Waals surface area contributed by atoms with Crippen molar-refractivity contribution in [2.75, 3.05) is 20.2 Å². The first kappa shape index (κ1) is 27.8. The van der Waals surface area contributed by atoms with Gasteiger partial charge in [0.05, 0.1) is 12.6 Å². The third-order valence-corrected chi connectivity index (χ3v) is 6.40. The summed E-state index contributed by atoms with van der Waals surface area (Å²) in [5.74, 6) is -0.565. The van der Waals surface area contributed by atoms with Crippen molar-refractivity contribution < 1.29 is 23.9 Å². The molecule has 1 aromatic heterocycles. The molecule has 182 valence electrons. The molecule has 10 heteroatoms. The van der Waals surface area contributed by atoms with Gasteiger partial charge in [0.1, 0.15) is 5.01 Å². The van der Waals surface area contributed by atoms with Gasteiger partial charge in [0.2, 0.25) is 5.91 Å². The molecule has 0 aliphatic heterocycles. The van der Waals surface area contributed by atoms with Gasteiger partial charge in [-0.2, -0.15) is 0 Å². The Morgan fingerprint density at radius 2 is 1.88 bits per heavy atom. The highest BCUT2D eigenvalue weighted by molar-refractivity contribution is 7.09. The summed E-state index contributed by atoms with van der Waals surface area (Å²) >= 11 is 1.22. The quantitative estimate of drug-likeness (QED) is 0.449. The molecule has 0 spiro atoms. The standard InChI is InChI=1S/C22H38N4O5S/c1-8-14(6)18(23)20(27)26(7)16(13(4)5)11-17(31-22(29)24-9-2)19-25-15(12-32-19)21(28)30-10-3/h12-14,16-18H,8-11,23H2,1-7H3,(H,24,29)/t14-,16+,17+,18-/m0/s1. The summed E-state index contributed by atoms with van der Waals surface area (Å²) in [6, 6.07) is -0.865. The monoisotopic (exact) mass is 470 g/mol. The Morgan fingerprint density at radius 1 is 1.22 bits per heavy atom. The molecule has 3 N–H and O–H groups in total. The number of aromatic nitrogens is 1. The fourth-order valence-corrected chi connectivity index (χ4v) is 4.07. The molecule has 0 aliphatic rings. The third-order valence-electron chi connectivity index (χ3n) is 5.46. The van der Waals surface area contributed by atoms with Crippen molar-refractivity contribution in [3.63, 3.8) is 0 Å². The molecule has 2 amide bonds. The zero-order chi connectivity index (χ0) is 24.4. The first-order chi connectivity index (χ1) is 15.1. The van der Waals surface area contributed by atoms with E-state index in [9.17, 15) is 14.4 Å². The predicted molar refractivity (Wildman–Crippen MR) is 124 cm³/mol. The lowest BCUT2D eigenvalue weighted by atomic mass is 9.93. The number of nitrogens with zero attached hydrogens (tertiary/aromatic N) is 2. The van der Waals surface area contributed by atoms with Crippen LogP contribution in [0.15, 0.2) is 5.38 Å². The molecule has 4 atom stereocenters. The number of hydrogen-bond acceptors (Lipinski definition) is 8. The van der Waals surface area contributed by atoms with Gasteiger partial charge in [0, 0.05) is 31.4 Å². The van der Waals surface area contributed by atoms with Crippen molar-refractivity contribution in [3.05, 3.63) is 16.1 Å². The van der Waals surface area contributed by atoms with Gasteiger partial charge >= 0.3 is 12.1 Å².